The number of nitrogens with zero attached hydrogens (tertiary/aromatic N) is 3. The number of fused-ring (bicyclic) bond motifs is 3. The molecular weight excluding hydrogens is 436 g/mol. The molecule has 1 aliphatic carbocycles. The zero-order valence-electron chi connectivity index (χ0n) is 19.7. The first-order valence-electron chi connectivity index (χ1n) is 12.3. The van der Waals surface area contributed by atoms with Crippen LogP contribution in [-0.4, -0.2) is 54.2 Å². The molecule has 2 aliphatic heterocycles. The number of nitrogens with two attached hydrogens (primary N) is 1. The Morgan fingerprint density at radius 1 is 1.00 bits per heavy atom. The maximum atomic E-state index is 12.9. The van der Waals surface area contributed by atoms with Crippen LogP contribution in [0.2, 0.25) is 0 Å². The van der Waals surface area contributed by atoms with Crippen molar-refractivity contribution in [2.45, 2.75) is 17.8 Å². The summed E-state index contributed by atoms with van der Waals surface area (Å²) in [6.45, 7) is 4.30. The van der Waals surface area contributed by atoms with Crippen LogP contribution < -0.4 is 16.0 Å². The van der Waals surface area contributed by atoms with Gasteiger partial charge in [-0.1, -0.05) is 24.3 Å². The normalized spacial score (nSPS) is 23.6. The number of aromatic amines is 1. The number of nitrogens with one attached hydrogen (secondary N) is 2. The average molecular weight is 465 g/mol. The van der Waals surface area contributed by atoms with E-state index in [2.05, 4.69) is 74.8 Å². The quantitative estimate of drug-likeness (QED) is 0.400. The van der Waals surface area contributed by atoms with Crippen LogP contribution in [0.25, 0.3) is 22.2 Å². The summed E-state index contributed by atoms with van der Waals surface area (Å²) in [6, 6.07) is 20.9. The Bertz CT molecular complexity index is 1470. The molecule has 1 aromatic heterocycles. The van der Waals surface area contributed by atoms with Crippen LogP contribution in [-0.2, 0) is 10.2 Å². The number of anilines is 3. The summed E-state index contributed by atoms with van der Waals surface area (Å²) in [7, 11) is 2.18. The standard InChI is InChI=1S/C28H28N6O/c1-33-10-12-34(13-11-33)20-6-2-17(3-7-20)26-21-8-4-18(14-25(21)31-32-26)23-16-28(23)22-15-19(29)5-9-24(22)30-27(28)35/h2-9,14-15,23H,10-13,16,29H2,1H3,(H,30,35)(H,31,32)/t23?,28-/m0/s1. The number of H-pyrrole nitrogens is 1. The van der Waals surface area contributed by atoms with Crippen molar-refractivity contribution in [3.8, 4) is 11.3 Å². The molecule has 7 nitrogen and oxygen atoms in total. The van der Waals surface area contributed by atoms with Crippen LogP contribution in [0.5, 0.6) is 0 Å². The Kier molecular flexibility index (Phi) is 4.30. The highest BCUT2D eigenvalue weighted by Crippen LogP contribution is 2.65. The lowest BCUT2D eigenvalue weighted by Crippen LogP contribution is -2.44. The molecule has 3 heterocycles. The van der Waals surface area contributed by atoms with E-state index in [4.69, 9.17) is 5.73 Å². The number of rotatable bonds is 3. The highest BCUT2D eigenvalue weighted by atomic mass is 16.2. The summed E-state index contributed by atoms with van der Waals surface area (Å²) in [5.41, 5.74) is 13.6. The second-order valence-corrected chi connectivity index (χ2v) is 10.2. The summed E-state index contributed by atoms with van der Waals surface area (Å²) in [5.74, 6) is 0.221. The van der Waals surface area contributed by atoms with Gasteiger partial charge in [0.2, 0.25) is 5.91 Å². The molecule has 1 saturated carbocycles. The first kappa shape index (κ1) is 20.5. The molecule has 0 bridgehead atoms. The maximum absolute atomic E-state index is 12.9. The molecular formula is C28H28N6O. The maximum Gasteiger partial charge on any atom is 0.235 e. The Hall–Kier alpha value is -3.84. The molecule has 3 aliphatic rings. The molecule has 176 valence electrons. The lowest BCUT2D eigenvalue weighted by atomic mass is 9.91. The molecule has 7 rings (SSSR count). The minimum absolute atomic E-state index is 0.0777. The highest BCUT2D eigenvalue weighted by Gasteiger charge is 2.65. The second kappa shape index (κ2) is 7.33. The van der Waals surface area contributed by atoms with Gasteiger partial charge in [0.05, 0.1) is 16.6 Å². The third kappa shape index (κ3) is 3.08. The fourth-order valence-corrected chi connectivity index (χ4v) is 5.98. The lowest BCUT2D eigenvalue weighted by Gasteiger charge is -2.34. The zero-order chi connectivity index (χ0) is 23.7. The van der Waals surface area contributed by atoms with Gasteiger partial charge in [-0.25, -0.2) is 0 Å². The van der Waals surface area contributed by atoms with E-state index in [0.717, 1.165) is 71.6 Å². The van der Waals surface area contributed by atoms with Crippen LogP contribution in [0.4, 0.5) is 17.1 Å². The number of carbonyl (C=O) groups excluding carboxylic acids is 1. The Labute approximate surface area is 203 Å². The summed E-state index contributed by atoms with van der Waals surface area (Å²) in [4.78, 5) is 17.7. The number of aromatic nitrogens is 2. The molecule has 2 fully saturated rings. The largest absolute Gasteiger partial charge is 0.399 e. The predicted molar refractivity (Wildman–Crippen MR) is 140 cm³/mol. The topological polar surface area (TPSA) is 90.3 Å². The van der Waals surface area contributed by atoms with Crippen LogP contribution in [0.1, 0.15) is 23.5 Å². The molecule has 4 N–H and O–H groups in total. The SMILES string of the molecule is CN1CCN(c2ccc(-c3n[nH]c4cc(C5C[C@@]56C(=O)Nc5ccc(N)cc56)ccc34)cc2)CC1. The van der Waals surface area contributed by atoms with Crippen molar-refractivity contribution >= 4 is 33.9 Å². The molecule has 0 radical (unpaired) electrons. The fraction of sp³-hybridized carbons (Fsp3) is 0.286. The minimum atomic E-state index is -0.500. The van der Waals surface area contributed by atoms with E-state index >= 15 is 0 Å². The molecule has 1 amide bonds. The number of hydrogen-bond acceptors (Lipinski definition) is 5. The number of amides is 1. The first-order chi connectivity index (χ1) is 17.0. The van der Waals surface area contributed by atoms with Gasteiger partial charge in [0.25, 0.3) is 0 Å². The van der Waals surface area contributed by atoms with Gasteiger partial charge in [0.15, 0.2) is 0 Å². The predicted octanol–water partition coefficient (Wildman–Crippen LogP) is 3.94. The number of hydrogen-bond donors (Lipinski definition) is 3. The van der Waals surface area contributed by atoms with E-state index < -0.39 is 5.41 Å². The molecule has 1 saturated heterocycles. The van der Waals surface area contributed by atoms with Crippen LogP contribution in [0.3, 0.4) is 0 Å². The van der Waals surface area contributed by atoms with Crippen molar-refractivity contribution in [1.82, 2.24) is 15.1 Å². The van der Waals surface area contributed by atoms with Crippen molar-refractivity contribution in [2.24, 2.45) is 0 Å². The lowest BCUT2D eigenvalue weighted by molar-refractivity contribution is -0.118. The van der Waals surface area contributed by atoms with Gasteiger partial charge >= 0.3 is 0 Å². The van der Waals surface area contributed by atoms with Crippen molar-refractivity contribution in [3.05, 3.63) is 71.8 Å². The number of likely N-dealkylation sites (N-methyl/N-ethyl adjacent to an activating group) is 1. The first-order valence-corrected chi connectivity index (χ1v) is 12.3. The van der Waals surface area contributed by atoms with Gasteiger partial charge in [0, 0.05) is 60.1 Å². The number of nitrogen functional groups attached to an aromatic ring is 1. The molecule has 1 spiro atoms. The third-order valence-electron chi connectivity index (χ3n) is 8.14. The van der Waals surface area contributed by atoms with Crippen LogP contribution >= 0.6 is 0 Å². The highest BCUT2D eigenvalue weighted by molar-refractivity contribution is 6.10. The second-order valence-electron chi connectivity index (χ2n) is 10.2. The number of carbonyl (C=O) groups is 1. The minimum Gasteiger partial charge on any atom is -0.399 e. The smallest absolute Gasteiger partial charge is 0.235 e. The molecule has 3 aromatic carbocycles. The zero-order valence-corrected chi connectivity index (χ0v) is 19.7. The van der Waals surface area contributed by atoms with Crippen LogP contribution in [0.15, 0.2) is 60.7 Å². The Morgan fingerprint density at radius 3 is 2.60 bits per heavy atom. The Balaban J connectivity index is 1.17. The van der Waals surface area contributed by atoms with Gasteiger partial charge in [-0.15, -0.1) is 0 Å². The van der Waals surface area contributed by atoms with Crippen molar-refractivity contribution < 1.29 is 4.79 Å². The van der Waals surface area contributed by atoms with Gasteiger partial charge in [-0.2, -0.15) is 5.10 Å². The third-order valence-corrected chi connectivity index (χ3v) is 8.14. The van der Waals surface area contributed by atoms with Gasteiger partial charge in [-0.05, 0) is 61.0 Å². The van der Waals surface area contributed by atoms with E-state index in [1.165, 1.54) is 5.69 Å². The van der Waals surface area contributed by atoms with E-state index in [-0.39, 0.29) is 11.8 Å². The molecule has 7 heteroatoms. The van der Waals surface area contributed by atoms with Crippen molar-refractivity contribution in [1.29, 1.82) is 0 Å². The summed E-state index contributed by atoms with van der Waals surface area (Å²) >= 11 is 0. The number of benzene rings is 3. The Morgan fingerprint density at radius 2 is 1.80 bits per heavy atom. The monoisotopic (exact) mass is 464 g/mol. The van der Waals surface area contributed by atoms with E-state index in [0.29, 0.717) is 5.69 Å². The van der Waals surface area contributed by atoms with Gasteiger partial charge in [0.1, 0.15) is 0 Å². The molecule has 35 heavy (non-hydrogen) atoms. The van der Waals surface area contributed by atoms with Gasteiger partial charge < -0.3 is 20.9 Å². The molecule has 4 aromatic rings. The average Bonchev–Trinajstić information content (AvgIpc) is 3.40. The molecule has 1 unspecified atom stereocenters. The summed E-state index contributed by atoms with van der Waals surface area (Å²) < 4.78 is 0. The summed E-state index contributed by atoms with van der Waals surface area (Å²) in [6.07, 6.45) is 0.801. The van der Waals surface area contributed by atoms with Crippen molar-refractivity contribution in [2.75, 3.05) is 49.2 Å². The van der Waals surface area contributed by atoms with Gasteiger partial charge in [-0.3, -0.25) is 9.89 Å². The molecule has 2 atom stereocenters. The van der Waals surface area contributed by atoms with Crippen molar-refractivity contribution in [3.63, 3.8) is 0 Å². The fourth-order valence-electron chi connectivity index (χ4n) is 5.98. The van der Waals surface area contributed by atoms with E-state index in [1.54, 1.807) is 0 Å². The van der Waals surface area contributed by atoms with E-state index in [1.807, 2.05) is 18.2 Å². The number of piperazine rings is 1. The van der Waals surface area contributed by atoms with E-state index in [9.17, 15) is 4.79 Å². The summed E-state index contributed by atoms with van der Waals surface area (Å²) in [5, 5.41) is 12.0. The van der Waals surface area contributed by atoms with Crippen LogP contribution in [0, 0.1) is 0 Å².